The van der Waals surface area contributed by atoms with Gasteiger partial charge in [0.15, 0.2) is 6.10 Å². The lowest BCUT2D eigenvalue weighted by Gasteiger charge is -1.94. The summed E-state index contributed by atoms with van der Waals surface area (Å²) in [6, 6.07) is 7.04. The van der Waals surface area contributed by atoms with Gasteiger partial charge in [-0.25, -0.2) is 4.79 Å². The van der Waals surface area contributed by atoms with Crippen LogP contribution in [0.2, 0.25) is 5.02 Å². The van der Waals surface area contributed by atoms with Crippen molar-refractivity contribution in [2.45, 2.75) is 12.2 Å². The third-order valence-electron chi connectivity index (χ3n) is 1.91. The summed E-state index contributed by atoms with van der Waals surface area (Å²) in [6.07, 6.45) is -1.02. The Kier molecular flexibility index (Phi) is 1.98. The molecule has 1 N–H and O–H groups in total. The fraction of sp³-hybridized carbons (Fsp3) is 0.222. The summed E-state index contributed by atoms with van der Waals surface area (Å²) in [6.45, 7) is 0. The highest BCUT2D eigenvalue weighted by Gasteiger charge is 2.46. The Bertz CT molecular complexity index is 350. The molecular weight excluding hydrogens is 192 g/mol. The van der Waals surface area contributed by atoms with Crippen molar-refractivity contribution in [3.63, 3.8) is 0 Å². The summed E-state index contributed by atoms with van der Waals surface area (Å²) >= 11 is 5.74. The van der Waals surface area contributed by atoms with Gasteiger partial charge in [0.05, 0.1) is 0 Å². The zero-order valence-corrected chi connectivity index (χ0v) is 7.36. The fourth-order valence-electron chi connectivity index (χ4n) is 1.24. The van der Waals surface area contributed by atoms with Gasteiger partial charge < -0.3 is 9.84 Å². The van der Waals surface area contributed by atoms with Crippen LogP contribution in [0.15, 0.2) is 24.3 Å². The molecule has 68 valence electrons. The summed E-state index contributed by atoms with van der Waals surface area (Å²) < 4.78 is 4.96. The summed E-state index contributed by atoms with van der Waals surface area (Å²) in [5.41, 5.74) is 0.819. The molecule has 13 heavy (non-hydrogen) atoms. The molecule has 0 spiro atoms. The van der Waals surface area contributed by atoms with Crippen molar-refractivity contribution in [2.75, 3.05) is 0 Å². The Morgan fingerprint density at radius 1 is 1.54 bits per heavy atom. The molecule has 0 bridgehead atoms. The number of aliphatic carboxylic acids is 1. The molecule has 0 unspecified atom stereocenters. The van der Waals surface area contributed by atoms with Crippen LogP contribution in [0.3, 0.4) is 0 Å². The van der Waals surface area contributed by atoms with Gasteiger partial charge >= 0.3 is 5.97 Å². The monoisotopic (exact) mass is 198 g/mol. The third-order valence-corrected chi connectivity index (χ3v) is 2.15. The molecule has 0 amide bonds. The van der Waals surface area contributed by atoms with Crippen LogP contribution in [-0.2, 0) is 9.53 Å². The Hall–Kier alpha value is -1.06. The minimum absolute atomic E-state index is 0.323. The molecule has 2 rings (SSSR count). The van der Waals surface area contributed by atoms with Crippen LogP contribution in [0, 0.1) is 0 Å². The molecule has 1 saturated heterocycles. The van der Waals surface area contributed by atoms with Crippen molar-refractivity contribution in [1.82, 2.24) is 0 Å². The van der Waals surface area contributed by atoms with Gasteiger partial charge in [-0.3, -0.25) is 0 Å². The number of hydrogen-bond acceptors (Lipinski definition) is 2. The van der Waals surface area contributed by atoms with E-state index in [1.54, 1.807) is 24.3 Å². The highest BCUT2D eigenvalue weighted by Crippen LogP contribution is 2.39. The molecule has 1 aromatic rings. The zero-order valence-electron chi connectivity index (χ0n) is 6.61. The van der Waals surface area contributed by atoms with E-state index in [9.17, 15) is 4.79 Å². The van der Waals surface area contributed by atoms with Gasteiger partial charge in [-0.1, -0.05) is 23.7 Å². The summed E-state index contributed by atoms with van der Waals surface area (Å²) in [5.74, 6) is -0.926. The van der Waals surface area contributed by atoms with E-state index < -0.39 is 12.1 Å². The molecule has 4 heteroatoms. The van der Waals surface area contributed by atoms with Gasteiger partial charge in [0.25, 0.3) is 0 Å². The van der Waals surface area contributed by atoms with E-state index in [0.29, 0.717) is 5.02 Å². The zero-order chi connectivity index (χ0) is 9.42. The van der Waals surface area contributed by atoms with E-state index in [2.05, 4.69) is 0 Å². The SMILES string of the molecule is O=C(O)[C@@H]1O[C@@H]1c1cccc(Cl)c1. The molecule has 1 heterocycles. The molecule has 1 aliphatic rings. The molecule has 0 radical (unpaired) electrons. The van der Waals surface area contributed by atoms with Crippen LogP contribution in [0.1, 0.15) is 11.7 Å². The number of carboxylic acid groups (broad SMARTS) is 1. The second-order valence-corrected chi connectivity index (χ2v) is 3.31. The predicted molar refractivity (Wildman–Crippen MR) is 46.7 cm³/mol. The van der Waals surface area contributed by atoms with E-state index in [0.717, 1.165) is 5.56 Å². The Morgan fingerprint density at radius 2 is 2.31 bits per heavy atom. The lowest BCUT2D eigenvalue weighted by molar-refractivity contribution is -0.138. The predicted octanol–water partition coefficient (Wildman–Crippen LogP) is 1.86. The minimum atomic E-state index is -0.926. The number of ether oxygens (including phenoxy) is 1. The molecule has 1 fully saturated rings. The van der Waals surface area contributed by atoms with Crippen LogP contribution in [0.5, 0.6) is 0 Å². The smallest absolute Gasteiger partial charge is 0.335 e. The van der Waals surface area contributed by atoms with Crippen LogP contribution < -0.4 is 0 Å². The first kappa shape index (κ1) is 8.53. The van der Waals surface area contributed by atoms with Crippen LogP contribution in [-0.4, -0.2) is 17.2 Å². The normalized spacial score (nSPS) is 25.6. The third kappa shape index (κ3) is 1.66. The molecule has 0 aliphatic carbocycles. The van der Waals surface area contributed by atoms with Crippen LogP contribution in [0.4, 0.5) is 0 Å². The number of rotatable bonds is 2. The van der Waals surface area contributed by atoms with Gasteiger partial charge in [0.2, 0.25) is 0 Å². The lowest BCUT2D eigenvalue weighted by Crippen LogP contribution is -2.04. The number of carboxylic acids is 1. The number of halogens is 1. The Labute approximate surface area is 79.9 Å². The van der Waals surface area contributed by atoms with Crippen molar-refractivity contribution in [3.05, 3.63) is 34.9 Å². The molecule has 1 aliphatic heterocycles. The van der Waals surface area contributed by atoms with Crippen LogP contribution >= 0.6 is 11.6 Å². The summed E-state index contributed by atoms with van der Waals surface area (Å²) in [7, 11) is 0. The number of epoxide rings is 1. The quantitative estimate of drug-likeness (QED) is 0.738. The first-order valence-electron chi connectivity index (χ1n) is 3.82. The van der Waals surface area contributed by atoms with Crippen molar-refractivity contribution >= 4 is 17.6 Å². The maximum Gasteiger partial charge on any atom is 0.335 e. The van der Waals surface area contributed by atoms with Crippen molar-refractivity contribution < 1.29 is 14.6 Å². The molecule has 0 aromatic heterocycles. The van der Waals surface area contributed by atoms with E-state index >= 15 is 0 Å². The average molecular weight is 199 g/mol. The van der Waals surface area contributed by atoms with E-state index in [-0.39, 0.29) is 6.10 Å². The highest BCUT2D eigenvalue weighted by atomic mass is 35.5. The van der Waals surface area contributed by atoms with Gasteiger partial charge in [-0.05, 0) is 17.7 Å². The van der Waals surface area contributed by atoms with Crippen molar-refractivity contribution in [1.29, 1.82) is 0 Å². The first-order chi connectivity index (χ1) is 6.18. The average Bonchev–Trinajstić information content (AvgIpc) is 2.82. The standard InChI is InChI=1S/C9H7ClO3/c10-6-3-1-2-5(4-6)7-8(13-7)9(11)12/h1-4,7-8H,(H,11,12)/t7-,8-/m1/s1. The number of carbonyl (C=O) groups is 1. The molecule has 1 aromatic carbocycles. The van der Waals surface area contributed by atoms with Gasteiger partial charge in [0, 0.05) is 5.02 Å². The Morgan fingerprint density at radius 3 is 2.85 bits per heavy atom. The Balaban J connectivity index is 2.16. The van der Waals surface area contributed by atoms with E-state index in [4.69, 9.17) is 21.4 Å². The van der Waals surface area contributed by atoms with Gasteiger partial charge in [-0.15, -0.1) is 0 Å². The first-order valence-corrected chi connectivity index (χ1v) is 4.20. The lowest BCUT2D eigenvalue weighted by atomic mass is 10.1. The van der Waals surface area contributed by atoms with Crippen molar-refractivity contribution in [2.24, 2.45) is 0 Å². The van der Waals surface area contributed by atoms with E-state index in [1.165, 1.54) is 0 Å². The second-order valence-electron chi connectivity index (χ2n) is 2.87. The maximum atomic E-state index is 10.5. The maximum absolute atomic E-state index is 10.5. The number of hydrogen-bond donors (Lipinski definition) is 1. The van der Waals surface area contributed by atoms with Crippen LogP contribution in [0.25, 0.3) is 0 Å². The van der Waals surface area contributed by atoms with Crippen molar-refractivity contribution in [3.8, 4) is 0 Å². The second kappa shape index (κ2) is 3.01. The minimum Gasteiger partial charge on any atom is -0.479 e. The fourth-order valence-corrected chi connectivity index (χ4v) is 1.44. The molecular formula is C9H7ClO3. The largest absolute Gasteiger partial charge is 0.479 e. The summed E-state index contributed by atoms with van der Waals surface area (Å²) in [4.78, 5) is 10.5. The topological polar surface area (TPSA) is 49.8 Å². The highest BCUT2D eigenvalue weighted by molar-refractivity contribution is 6.30. The van der Waals surface area contributed by atoms with E-state index in [1.807, 2.05) is 0 Å². The molecule has 2 atom stereocenters. The molecule has 0 saturated carbocycles. The molecule has 3 nitrogen and oxygen atoms in total. The van der Waals surface area contributed by atoms with Gasteiger partial charge in [0.1, 0.15) is 6.10 Å². The van der Waals surface area contributed by atoms with Gasteiger partial charge in [-0.2, -0.15) is 0 Å². The number of benzene rings is 1. The summed E-state index contributed by atoms with van der Waals surface area (Å²) in [5, 5.41) is 9.19.